The van der Waals surface area contributed by atoms with Crippen LogP contribution in [0.3, 0.4) is 0 Å². The first kappa shape index (κ1) is 36.5. The normalized spacial score (nSPS) is 26.1. The minimum absolute atomic E-state index is 0.0526. The monoisotopic (exact) mass is 663 g/mol. The summed E-state index contributed by atoms with van der Waals surface area (Å²) in [5.41, 5.74) is 5.45. The van der Waals surface area contributed by atoms with Crippen LogP contribution in [0.4, 0.5) is 0 Å². The van der Waals surface area contributed by atoms with Gasteiger partial charge in [-0.1, -0.05) is 58.0 Å². The molecule has 0 unspecified atom stereocenters. The lowest BCUT2D eigenvalue weighted by atomic mass is 10.0. The molecular weight excluding hydrogens is 614 g/mol. The van der Waals surface area contributed by atoms with E-state index in [1.54, 1.807) is 34.6 Å². The number of carbonyl (C=O) groups is 5. The Morgan fingerprint density at radius 2 is 1.69 bits per heavy atom. The van der Waals surface area contributed by atoms with E-state index in [0.717, 1.165) is 16.5 Å². The largest absolute Gasteiger partial charge is 0.462 e. The van der Waals surface area contributed by atoms with E-state index >= 15 is 0 Å². The number of hydrogen-bond donors (Lipinski definition) is 3. The van der Waals surface area contributed by atoms with Crippen molar-refractivity contribution in [2.24, 2.45) is 11.8 Å². The van der Waals surface area contributed by atoms with Gasteiger partial charge in [-0.2, -0.15) is 0 Å². The van der Waals surface area contributed by atoms with E-state index in [2.05, 4.69) is 16.1 Å². The smallest absolute Gasteiger partial charge is 0.308 e. The molecule has 0 radical (unpaired) electrons. The SMILES string of the molecule is CC(C)C(=O)O[C@H]1CC/C=C/c2ccc3ccc(nc3c2)[C@@H](C)NC(=O)[C@@H]2CCCN(N2)C(=O)[C@H](C)NC(=O)[C@H](C(C)C)OC(=O)CC1. The molecule has 3 N–H and O–H groups in total. The second-order valence-electron chi connectivity index (χ2n) is 13.3. The number of cyclic esters (lactones) is 1. The fraction of sp³-hybridized carbons (Fsp3) is 0.556. The molecule has 0 aliphatic carbocycles. The molecule has 12 nitrogen and oxygen atoms in total. The molecule has 1 fully saturated rings. The van der Waals surface area contributed by atoms with Crippen molar-refractivity contribution in [3.8, 4) is 0 Å². The lowest BCUT2D eigenvalue weighted by Gasteiger charge is -2.35. The highest BCUT2D eigenvalue weighted by Crippen LogP contribution is 2.21. The number of carbonyl (C=O) groups excluding carboxylic acids is 5. The van der Waals surface area contributed by atoms with E-state index in [4.69, 9.17) is 14.5 Å². The van der Waals surface area contributed by atoms with Crippen LogP contribution in [-0.4, -0.2) is 70.5 Å². The second kappa shape index (κ2) is 16.7. The van der Waals surface area contributed by atoms with Gasteiger partial charge in [0.2, 0.25) is 5.91 Å². The minimum atomic E-state index is -1.13. The van der Waals surface area contributed by atoms with Crippen LogP contribution >= 0.6 is 0 Å². The topological polar surface area (TPSA) is 156 Å². The summed E-state index contributed by atoms with van der Waals surface area (Å²) in [5.74, 6) is -2.90. The van der Waals surface area contributed by atoms with Crippen molar-refractivity contribution in [3.05, 3.63) is 47.7 Å². The van der Waals surface area contributed by atoms with Gasteiger partial charge >= 0.3 is 11.9 Å². The van der Waals surface area contributed by atoms with Crippen molar-refractivity contribution in [1.29, 1.82) is 0 Å². The van der Waals surface area contributed by atoms with E-state index in [-0.39, 0.29) is 42.6 Å². The number of esters is 2. The highest BCUT2D eigenvalue weighted by molar-refractivity contribution is 5.91. The van der Waals surface area contributed by atoms with Crippen LogP contribution in [0.1, 0.15) is 97.4 Å². The third-order valence-electron chi connectivity index (χ3n) is 8.55. The van der Waals surface area contributed by atoms with Crippen molar-refractivity contribution >= 4 is 46.6 Å². The molecule has 0 spiro atoms. The van der Waals surface area contributed by atoms with Gasteiger partial charge in [-0.15, -0.1) is 0 Å². The number of nitrogens with one attached hydrogen (secondary N) is 3. The number of nitrogens with zero attached hydrogens (tertiary/aromatic N) is 2. The van der Waals surface area contributed by atoms with E-state index in [1.807, 2.05) is 49.4 Å². The molecule has 48 heavy (non-hydrogen) atoms. The molecule has 2 aromatic rings. The maximum Gasteiger partial charge on any atom is 0.308 e. The van der Waals surface area contributed by atoms with E-state index < -0.39 is 42.1 Å². The lowest BCUT2D eigenvalue weighted by molar-refractivity contribution is -0.161. The van der Waals surface area contributed by atoms with Crippen LogP contribution in [0, 0.1) is 11.8 Å². The molecule has 12 heteroatoms. The third-order valence-corrected chi connectivity index (χ3v) is 8.55. The summed E-state index contributed by atoms with van der Waals surface area (Å²) in [4.78, 5) is 70.1. The molecule has 5 bridgehead atoms. The van der Waals surface area contributed by atoms with Crippen molar-refractivity contribution in [2.75, 3.05) is 6.54 Å². The van der Waals surface area contributed by atoms with Gasteiger partial charge in [-0.05, 0) is 69.6 Å². The van der Waals surface area contributed by atoms with Gasteiger partial charge in [-0.25, -0.2) is 5.43 Å². The first-order valence-corrected chi connectivity index (χ1v) is 17.0. The van der Waals surface area contributed by atoms with Crippen molar-refractivity contribution in [1.82, 2.24) is 26.1 Å². The Morgan fingerprint density at radius 3 is 2.42 bits per heavy atom. The molecule has 1 aromatic carbocycles. The quantitative estimate of drug-likeness (QED) is 0.411. The van der Waals surface area contributed by atoms with Crippen molar-refractivity contribution in [3.63, 3.8) is 0 Å². The Labute approximate surface area is 282 Å². The van der Waals surface area contributed by atoms with Crippen LogP contribution in [-0.2, 0) is 33.4 Å². The van der Waals surface area contributed by atoms with E-state index in [0.29, 0.717) is 37.9 Å². The summed E-state index contributed by atoms with van der Waals surface area (Å²) in [5, 5.41) is 8.03. The summed E-state index contributed by atoms with van der Waals surface area (Å²) < 4.78 is 11.3. The van der Waals surface area contributed by atoms with Crippen LogP contribution in [0.15, 0.2) is 36.4 Å². The third kappa shape index (κ3) is 9.85. The minimum Gasteiger partial charge on any atom is -0.462 e. The van der Waals surface area contributed by atoms with Gasteiger partial charge in [-0.3, -0.25) is 34.0 Å². The zero-order valence-corrected chi connectivity index (χ0v) is 28.8. The summed E-state index contributed by atoms with van der Waals surface area (Å²) >= 11 is 0. The number of pyridine rings is 1. The Bertz CT molecular complexity index is 1520. The van der Waals surface area contributed by atoms with Gasteiger partial charge < -0.3 is 20.1 Å². The number of aromatic nitrogens is 1. The first-order chi connectivity index (χ1) is 22.8. The molecule has 0 saturated carbocycles. The summed E-state index contributed by atoms with van der Waals surface area (Å²) in [6.07, 6.45) is 4.72. The van der Waals surface area contributed by atoms with Crippen molar-refractivity contribution < 1.29 is 33.4 Å². The number of hydrogen-bond acceptors (Lipinski definition) is 9. The van der Waals surface area contributed by atoms with Crippen LogP contribution < -0.4 is 16.1 Å². The van der Waals surface area contributed by atoms with Gasteiger partial charge in [0.15, 0.2) is 6.10 Å². The maximum absolute atomic E-state index is 13.3. The summed E-state index contributed by atoms with van der Waals surface area (Å²) in [6.45, 7) is 10.8. The second-order valence-corrected chi connectivity index (χ2v) is 13.3. The van der Waals surface area contributed by atoms with Gasteiger partial charge in [0.25, 0.3) is 11.8 Å². The molecule has 5 atom stereocenters. The number of fused-ring (bicyclic) bond motifs is 4. The predicted octanol–water partition coefficient (Wildman–Crippen LogP) is 4.14. The van der Waals surface area contributed by atoms with Crippen molar-refractivity contribution in [2.45, 2.75) is 110 Å². The summed E-state index contributed by atoms with van der Waals surface area (Å²) in [6, 6.07) is 7.84. The van der Waals surface area contributed by atoms with E-state index in [1.165, 1.54) is 5.01 Å². The molecule has 1 saturated heterocycles. The Kier molecular flexibility index (Phi) is 12.7. The van der Waals surface area contributed by atoms with Crippen LogP contribution in [0.2, 0.25) is 0 Å². The number of hydrazine groups is 1. The molecular formula is C36H49N5O7. The lowest BCUT2D eigenvalue weighted by Crippen LogP contribution is -2.61. The van der Waals surface area contributed by atoms with Crippen LogP contribution in [0.5, 0.6) is 0 Å². The highest BCUT2D eigenvalue weighted by Gasteiger charge is 2.34. The number of allylic oxidation sites excluding steroid dienone is 1. The summed E-state index contributed by atoms with van der Waals surface area (Å²) in [7, 11) is 0. The molecule has 2 aliphatic rings. The predicted molar refractivity (Wildman–Crippen MR) is 181 cm³/mol. The molecule has 3 amide bonds. The fourth-order valence-corrected chi connectivity index (χ4v) is 5.64. The Balaban J connectivity index is 1.59. The zero-order valence-electron chi connectivity index (χ0n) is 28.8. The number of rotatable bonds is 3. The first-order valence-electron chi connectivity index (χ1n) is 17.0. The molecule has 2 aliphatic heterocycles. The van der Waals surface area contributed by atoms with E-state index in [9.17, 15) is 24.0 Å². The molecule has 1 aromatic heterocycles. The standard InChI is InChI=1S/C36H49N5O7/c1-21(2)32-34(44)38-24(6)35(45)41-19-9-12-29(40-41)33(43)37-23(5)28-17-15-26-14-13-25(20-30(26)39-28)10-7-8-11-27(16-18-31(42)48-32)47-36(46)22(3)4/h7,10,13-15,17,20-24,27,29,32,40H,8-9,11-12,16,18-19H2,1-6H3,(H,37,43)(H,38,44)/b10-7+/t23-,24+,27+,29+,32+/m1/s1. The Hall–Kier alpha value is -4.32. The number of amides is 3. The fourth-order valence-electron chi connectivity index (χ4n) is 5.64. The molecule has 3 heterocycles. The van der Waals surface area contributed by atoms with Gasteiger partial charge in [0, 0.05) is 18.4 Å². The zero-order chi connectivity index (χ0) is 35.0. The molecule has 4 rings (SSSR count). The van der Waals surface area contributed by atoms with Crippen LogP contribution in [0.25, 0.3) is 17.0 Å². The number of ether oxygens (including phenoxy) is 2. The highest BCUT2D eigenvalue weighted by atomic mass is 16.6. The average molecular weight is 664 g/mol. The van der Waals surface area contributed by atoms with Gasteiger partial charge in [0.1, 0.15) is 18.2 Å². The number of benzene rings is 1. The van der Waals surface area contributed by atoms with Gasteiger partial charge in [0.05, 0.1) is 23.2 Å². The Morgan fingerprint density at radius 1 is 0.958 bits per heavy atom. The molecule has 260 valence electrons. The maximum atomic E-state index is 13.3. The average Bonchev–Trinajstić information content (AvgIpc) is 3.06.